The summed E-state index contributed by atoms with van der Waals surface area (Å²) < 4.78 is 5.84. The van der Waals surface area contributed by atoms with Gasteiger partial charge >= 0.3 is 0 Å². The highest BCUT2D eigenvalue weighted by molar-refractivity contribution is 5.96. The van der Waals surface area contributed by atoms with Crippen molar-refractivity contribution in [1.82, 2.24) is 0 Å². The van der Waals surface area contributed by atoms with Crippen molar-refractivity contribution in [2.24, 2.45) is 0 Å². The predicted octanol–water partition coefficient (Wildman–Crippen LogP) is 4.63. The highest BCUT2D eigenvalue weighted by Gasteiger charge is 2.24. The Bertz CT molecular complexity index is 975. The van der Waals surface area contributed by atoms with Crippen molar-refractivity contribution >= 4 is 28.1 Å². The number of carbonyl (C=O) groups is 1. The molecule has 3 aromatic rings. The number of ether oxygens (including phenoxy) is 1. The van der Waals surface area contributed by atoms with Crippen LogP contribution < -0.4 is 10.2 Å². The SMILES string of the molecule is C[C@@H]1CN(c2ccccc2NC(=O)Cc2ccc3ccccc3c2)C[C@@H](C)O1. The van der Waals surface area contributed by atoms with Gasteiger partial charge in [-0.2, -0.15) is 0 Å². The van der Waals surface area contributed by atoms with Crippen LogP contribution in [0.3, 0.4) is 0 Å². The lowest BCUT2D eigenvalue weighted by molar-refractivity contribution is -0.115. The van der Waals surface area contributed by atoms with Crippen molar-refractivity contribution in [1.29, 1.82) is 0 Å². The number of hydrogen-bond donors (Lipinski definition) is 1. The Labute approximate surface area is 166 Å². The number of para-hydroxylation sites is 2. The number of morpholine rings is 1. The molecule has 28 heavy (non-hydrogen) atoms. The number of rotatable bonds is 4. The van der Waals surface area contributed by atoms with Crippen LogP contribution in [-0.2, 0) is 16.0 Å². The van der Waals surface area contributed by atoms with E-state index in [0.29, 0.717) is 6.42 Å². The second kappa shape index (κ2) is 8.03. The maximum Gasteiger partial charge on any atom is 0.228 e. The first-order valence-electron chi connectivity index (χ1n) is 9.85. The normalized spacial score (nSPS) is 19.6. The Kier molecular flexibility index (Phi) is 5.31. The summed E-state index contributed by atoms with van der Waals surface area (Å²) in [5.74, 6) is -0.00270. The zero-order valence-electron chi connectivity index (χ0n) is 16.4. The van der Waals surface area contributed by atoms with E-state index in [0.717, 1.165) is 35.4 Å². The van der Waals surface area contributed by atoms with Gasteiger partial charge in [0.05, 0.1) is 30.0 Å². The first-order chi connectivity index (χ1) is 13.6. The third-order valence-corrected chi connectivity index (χ3v) is 5.12. The highest BCUT2D eigenvalue weighted by Crippen LogP contribution is 2.28. The maximum atomic E-state index is 12.7. The minimum atomic E-state index is -0.00270. The minimum absolute atomic E-state index is 0.00270. The van der Waals surface area contributed by atoms with Crippen LogP contribution in [0.4, 0.5) is 11.4 Å². The highest BCUT2D eigenvalue weighted by atomic mass is 16.5. The molecular weight excluding hydrogens is 348 g/mol. The van der Waals surface area contributed by atoms with E-state index in [2.05, 4.69) is 54.4 Å². The molecule has 4 heteroatoms. The second-order valence-corrected chi connectivity index (χ2v) is 7.59. The van der Waals surface area contributed by atoms with Crippen LogP contribution in [0.2, 0.25) is 0 Å². The Morgan fingerprint density at radius 1 is 0.964 bits per heavy atom. The number of amides is 1. The van der Waals surface area contributed by atoms with Crippen LogP contribution in [0, 0.1) is 0 Å². The Hall–Kier alpha value is -2.85. The zero-order valence-corrected chi connectivity index (χ0v) is 16.4. The maximum absolute atomic E-state index is 12.7. The number of carbonyl (C=O) groups excluding carboxylic acids is 1. The van der Waals surface area contributed by atoms with E-state index in [1.54, 1.807) is 0 Å². The van der Waals surface area contributed by atoms with E-state index in [-0.39, 0.29) is 18.1 Å². The smallest absolute Gasteiger partial charge is 0.228 e. The molecule has 1 fully saturated rings. The van der Waals surface area contributed by atoms with E-state index >= 15 is 0 Å². The van der Waals surface area contributed by atoms with Crippen LogP contribution >= 0.6 is 0 Å². The average Bonchev–Trinajstić information content (AvgIpc) is 2.67. The second-order valence-electron chi connectivity index (χ2n) is 7.59. The summed E-state index contributed by atoms with van der Waals surface area (Å²) in [6.45, 7) is 5.82. The molecule has 1 saturated heterocycles. The van der Waals surface area contributed by atoms with Crippen LogP contribution in [0.15, 0.2) is 66.7 Å². The summed E-state index contributed by atoms with van der Waals surface area (Å²) in [7, 11) is 0. The Balaban J connectivity index is 1.50. The zero-order chi connectivity index (χ0) is 19.5. The fourth-order valence-electron chi connectivity index (χ4n) is 3.96. The van der Waals surface area contributed by atoms with Gasteiger partial charge in [-0.15, -0.1) is 0 Å². The number of anilines is 2. The van der Waals surface area contributed by atoms with Gasteiger partial charge in [0.15, 0.2) is 0 Å². The molecule has 2 atom stereocenters. The van der Waals surface area contributed by atoms with Crippen LogP contribution in [0.25, 0.3) is 10.8 Å². The fourth-order valence-corrected chi connectivity index (χ4v) is 3.96. The summed E-state index contributed by atoms with van der Waals surface area (Å²) in [5.41, 5.74) is 2.92. The van der Waals surface area contributed by atoms with Gasteiger partial charge in [-0.05, 0) is 42.3 Å². The summed E-state index contributed by atoms with van der Waals surface area (Å²) >= 11 is 0. The molecule has 0 spiro atoms. The third kappa shape index (κ3) is 4.18. The van der Waals surface area contributed by atoms with E-state index in [1.807, 2.05) is 36.4 Å². The van der Waals surface area contributed by atoms with Gasteiger partial charge in [0.2, 0.25) is 5.91 Å². The van der Waals surface area contributed by atoms with Gasteiger partial charge in [0, 0.05) is 13.1 Å². The lowest BCUT2D eigenvalue weighted by Gasteiger charge is -2.37. The van der Waals surface area contributed by atoms with Gasteiger partial charge in [-0.1, -0.05) is 54.6 Å². The quantitative estimate of drug-likeness (QED) is 0.724. The molecule has 3 aromatic carbocycles. The topological polar surface area (TPSA) is 41.6 Å². The molecule has 1 heterocycles. The largest absolute Gasteiger partial charge is 0.372 e. The van der Waals surface area contributed by atoms with Crippen LogP contribution in [0.5, 0.6) is 0 Å². The molecule has 1 amide bonds. The molecule has 0 bridgehead atoms. The first-order valence-corrected chi connectivity index (χ1v) is 9.85. The molecule has 0 saturated carbocycles. The molecule has 0 aliphatic carbocycles. The molecule has 4 rings (SSSR count). The van der Waals surface area contributed by atoms with Crippen molar-refractivity contribution in [3.8, 4) is 0 Å². The van der Waals surface area contributed by atoms with Crippen molar-refractivity contribution in [2.75, 3.05) is 23.3 Å². The van der Waals surface area contributed by atoms with E-state index < -0.39 is 0 Å². The molecular formula is C24H26N2O2. The molecule has 0 aromatic heterocycles. The summed E-state index contributed by atoms with van der Waals surface area (Å²) in [6.07, 6.45) is 0.699. The van der Waals surface area contributed by atoms with Crippen molar-refractivity contribution in [3.05, 3.63) is 72.3 Å². The third-order valence-electron chi connectivity index (χ3n) is 5.12. The van der Waals surface area contributed by atoms with Crippen LogP contribution in [-0.4, -0.2) is 31.2 Å². The molecule has 0 unspecified atom stereocenters. The van der Waals surface area contributed by atoms with Gasteiger partial charge in [0.25, 0.3) is 0 Å². The van der Waals surface area contributed by atoms with E-state index in [4.69, 9.17) is 4.74 Å². The molecule has 1 aliphatic heterocycles. The number of nitrogens with zero attached hydrogens (tertiary/aromatic N) is 1. The van der Waals surface area contributed by atoms with Gasteiger partial charge < -0.3 is 15.0 Å². The van der Waals surface area contributed by atoms with Gasteiger partial charge in [-0.3, -0.25) is 4.79 Å². The average molecular weight is 374 g/mol. The monoisotopic (exact) mass is 374 g/mol. The number of benzene rings is 3. The van der Waals surface area contributed by atoms with E-state index in [1.165, 1.54) is 5.39 Å². The fraction of sp³-hybridized carbons (Fsp3) is 0.292. The number of nitrogens with one attached hydrogen (secondary N) is 1. The summed E-state index contributed by atoms with van der Waals surface area (Å²) in [6, 6.07) is 22.4. The molecule has 1 N–H and O–H groups in total. The molecule has 0 radical (unpaired) electrons. The number of hydrogen-bond acceptors (Lipinski definition) is 3. The Morgan fingerprint density at radius 2 is 1.64 bits per heavy atom. The minimum Gasteiger partial charge on any atom is -0.372 e. The lowest BCUT2D eigenvalue weighted by atomic mass is 10.0. The van der Waals surface area contributed by atoms with Crippen molar-refractivity contribution < 1.29 is 9.53 Å². The van der Waals surface area contributed by atoms with Crippen molar-refractivity contribution in [3.63, 3.8) is 0 Å². The predicted molar refractivity (Wildman–Crippen MR) is 115 cm³/mol. The summed E-state index contributed by atoms with van der Waals surface area (Å²) in [5, 5.41) is 5.46. The number of fused-ring (bicyclic) bond motifs is 1. The standard InChI is InChI=1S/C24H26N2O2/c1-17-15-26(16-18(2)28-17)23-10-6-5-9-22(23)25-24(27)14-19-11-12-20-7-3-4-8-21(20)13-19/h3-13,17-18H,14-16H2,1-2H3,(H,25,27)/t17-,18-/m1/s1. The molecule has 4 nitrogen and oxygen atoms in total. The molecule has 144 valence electrons. The van der Waals surface area contributed by atoms with Crippen LogP contribution in [0.1, 0.15) is 19.4 Å². The molecule has 1 aliphatic rings. The van der Waals surface area contributed by atoms with Crippen molar-refractivity contribution in [2.45, 2.75) is 32.5 Å². The summed E-state index contributed by atoms with van der Waals surface area (Å²) in [4.78, 5) is 15.0. The first kappa shape index (κ1) is 18.5. The van der Waals surface area contributed by atoms with Gasteiger partial charge in [0.1, 0.15) is 0 Å². The lowest BCUT2D eigenvalue weighted by Crippen LogP contribution is -2.45. The Morgan fingerprint density at radius 3 is 2.43 bits per heavy atom. The van der Waals surface area contributed by atoms with Gasteiger partial charge in [-0.25, -0.2) is 0 Å². The van der Waals surface area contributed by atoms with E-state index in [9.17, 15) is 4.79 Å².